The summed E-state index contributed by atoms with van der Waals surface area (Å²) >= 11 is 0. The highest BCUT2D eigenvalue weighted by molar-refractivity contribution is 5.79. The summed E-state index contributed by atoms with van der Waals surface area (Å²) in [5.74, 6) is 0.962. The molecule has 5 heteroatoms. The first-order chi connectivity index (χ1) is 16.2. The Morgan fingerprint density at radius 2 is 1.76 bits per heavy atom. The van der Waals surface area contributed by atoms with Crippen molar-refractivity contribution >= 4 is 11.8 Å². The minimum atomic E-state index is -0.404. The maximum Gasteiger partial charge on any atom is 0.407 e. The number of amides is 1. The lowest BCUT2D eigenvalue weighted by Gasteiger charge is -2.16. The standard InChI is InChI=1S/C28H30N2O3/c1-2-3-14-29-20-12-13-27-19(15-20)16-21(33-27)17-30-28(31)32-18-26-24-10-6-4-8-22(24)23-9-5-7-11-25(23)26/h4-13,15,21,26,29H,2-3,14,16-18H2,1H3,(H,30,31). The molecule has 0 aromatic heterocycles. The second-order valence-corrected chi connectivity index (χ2v) is 8.75. The Morgan fingerprint density at radius 1 is 1.03 bits per heavy atom. The van der Waals surface area contributed by atoms with Crippen LogP contribution in [0.25, 0.3) is 11.1 Å². The van der Waals surface area contributed by atoms with E-state index >= 15 is 0 Å². The third kappa shape index (κ3) is 4.54. The molecule has 0 saturated carbocycles. The van der Waals surface area contributed by atoms with Gasteiger partial charge in [-0.15, -0.1) is 0 Å². The van der Waals surface area contributed by atoms with Crippen molar-refractivity contribution in [3.63, 3.8) is 0 Å². The molecule has 3 aromatic carbocycles. The van der Waals surface area contributed by atoms with Gasteiger partial charge in [-0.05, 0) is 52.4 Å². The van der Waals surface area contributed by atoms with Gasteiger partial charge < -0.3 is 20.1 Å². The monoisotopic (exact) mass is 442 g/mol. The number of anilines is 1. The van der Waals surface area contributed by atoms with Gasteiger partial charge in [0, 0.05) is 24.6 Å². The van der Waals surface area contributed by atoms with Crippen LogP contribution in [-0.4, -0.2) is 31.9 Å². The Balaban J connectivity index is 1.13. The summed E-state index contributed by atoms with van der Waals surface area (Å²) in [6, 6.07) is 22.9. The van der Waals surface area contributed by atoms with E-state index in [4.69, 9.17) is 9.47 Å². The van der Waals surface area contributed by atoms with E-state index in [0.29, 0.717) is 13.2 Å². The van der Waals surface area contributed by atoms with Gasteiger partial charge in [0.25, 0.3) is 0 Å². The molecule has 1 amide bonds. The number of fused-ring (bicyclic) bond motifs is 4. The number of hydrogen-bond donors (Lipinski definition) is 2. The molecular formula is C28H30N2O3. The summed E-state index contributed by atoms with van der Waals surface area (Å²) in [7, 11) is 0. The molecule has 0 spiro atoms. The molecule has 5 rings (SSSR count). The van der Waals surface area contributed by atoms with Crippen LogP contribution < -0.4 is 15.4 Å². The second-order valence-electron chi connectivity index (χ2n) is 8.75. The molecule has 1 aliphatic heterocycles. The van der Waals surface area contributed by atoms with Crippen LogP contribution in [0.5, 0.6) is 5.75 Å². The minimum absolute atomic E-state index is 0.0637. The molecule has 1 unspecified atom stereocenters. The number of hydrogen-bond acceptors (Lipinski definition) is 4. The third-order valence-corrected chi connectivity index (χ3v) is 6.48. The van der Waals surface area contributed by atoms with Crippen molar-refractivity contribution in [2.75, 3.05) is 25.0 Å². The molecular weight excluding hydrogens is 412 g/mol. The zero-order chi connectivity index (χ0) is 22.6. The fourth-order valence-corrected chi connectivity index (χ4v) is 4.80. The molecule has 1 heterocycles. The summed E-state index contributed by atoms with van der Waals surface area (Å²) in [6.07, 6.45) is 2.62. The summed E-state index contributed by atoms with van der Waals surface area (Å²) < 4.78 is 11.6. The topological polar surface area (TPSA) is 59.6 Å². The van der Waals surface area contributed by atoms with E-state index in [-0.39, 0.29) is 12.0 Å². The van der Waals surface area contributed by atoms with Gasteiger partial charge in [0.2, 0.25) is 0 Å². The van der Waals surface area contributed by atoms with E-state index < -0.39 is 6.09 Å². The Kier molecular flexibility index (Phi) is 6.20. The largest absolute Gasteiger partial charge is 0.488 e. The van der Waals surface area contributed by atoms with Crippen molar-refractivity contribution in [2.45, 2.75) is 38.2 Å². The van der Waals surface area contributed by atoms with Crippen LogP contribution in [0.1, 0.15) is 42.4 Å². The van der Waals surface area contributed by atoms with E-state index in [9.17, 15) is 4.79 Å². The van der Waals surface area contributed by atoms with Crippen molar-refractivity contribution in [1.29, 1.82) is 0 Å². The minimum Gasteiger partial charge on any atom is -0.488 e. The number of benzene rings is 3. The van der Waals surface area contributed by atoms with Crippen LogP contribution in [0.2, 0.25) is 0 Å². The average Bonchev–Trinajstić information content (AvgIpc) is 3.40. The van der Waals surface area contributed by atoms with Gasteiger partial charge in [0.1, 0.15) is 18.5 Å². The summed E-state index contributed by atoms with van der Waals surface area (Å²) in [5.41, 5.74) is 7.17. The second kappa shape index (κ2) is 9.57. The molecule has 1 aliphatic carbocycles. The van der Waals surface area contributed by atoms with E-state index in [0.717, 1.165) is 30.8 Å². The molecule has 33 heavy (non-hydrogen) atoms. The number of ether oxygens (including phenoxy) is 2. The summed E-state index contributed by atoms with van der Waals surface area (Å²) in [5, 5.41) is 6.34. The normalized spacial score (nSPS) is 15.8. The molecule has 0 radical (unpaired) electrons. The number of unbranched alkanes of at least 4 members (excludes halogenated alkanes) is 1. The Labute approximate surface area is 195 Å². The summed E-state index contributed by atoms with van der Waals surface area (Å²) in [6.45, 7) is 3.90. The van der Waals surface area contributed by atoms with Gasteiger partial charge in [0.15, 0.2) is 0 Å². The highest BCUT2D eigenvalue weighted by atomic mass is 16.5. The number of alkyl carbamates (subject to hydrolysis) is 1. The van der Waals surface area contributed by atoms with Gasteiger partial charge in [-0.2, -0.15) is 0 Å². The van der Waals surface area contributed by atoms with Crippen molar-refractivity contribution in [1.82, 2.24) is 5.32 Å². The molecule has 170 valence electrons. The lowest BCUT2D eigenvalue weighted by atomic mass is 9.98. The number of rotatable bonds is 8. The average molecular weight is 443 g/mol. The van der Waals surface area contributed by atoms with Crippen molar-refractivity contribution in [2.24, 2.45) is 0 Å². The summed E-state index contributed by atoms with van der Waals surface area (Å²) in [4.78, 5) is 12.5. The van der Waals surface area contributed by atoms with Gasteiger partial charge in [-0.1, -0.05) is 61.9 Å². The van der Waals surface area contributed by atoms with E-state index in [1.165, 1.54) is 34.2 Å². The molecule has 0 bridgehead atoms. The molecule has 5 nitrogen and oxygen atoms in total. The van der Waals surface area contributed by atoms with Gasteiger partial charge in [-0.3, -0.25) is 0 Å². The lowest BCUT2D eigenvalue weighted by Crippen LogP contribution is -2.35. The predicted octanol–water partition coefficient (Wildman–Crippen LogP) is 5.74. The van der Waals surface area contributed by atoms with Gasteiger partial charge in [-0.25, -0.2) is 4.79 Å². The van der Waals surface area contributed by atoms with Crippen molar-refractivity contribution < 1.29 is 14.3 Å². The molecule has 3 aromatic rings. The fourth-order valence-electron chi connectivity index (χ4n) is 4.80. The van der Waals surface area contributed by atoms with Crippen LogP contribution >= 0.6 is 0 Å². The zero-order valence-corrected chi connectivity index (χ0v) is 19.0. The smallest absolute Gasteiger partial charge is 0.407 e. The highest BCUT2D eigenvalue weighted by Crippen LogP contribution is 2.44. The first-order valence-corrected chi connectivity index (χ1v) is 11.8. The van der Waals surface area contributed by atoms with Crippen molar-refractivity contribution in [3.05, 3.63) is 83.4 Å². The van der Waals surface area contributed by atoms with E-state index in [1.807, 2.05) is 18.2 Å². The highest BCUT2D eigenvalue weighted by Gasteiger charge is 2.29. The first kappa shape index (κ1) is 21.4. The van der Waals surface area contributed by atoms with Crippen LogP contribution in [0.3, 0.4) is 0 Å². The maximum atomic E-state index is 12.5. The van der Waals surface area contributed by atoms with Crippen LogP contribution in [0.15, 0.2) is 66.7 Å². The quantitative estimate of drug-likeness (QED) is 0.437. The molecule has 0 saturated heterocycles. The third-order valence-electron chi connectivity index (χ3n) is 6.48. The molecule has 1 atom stereocenters. The number of carbonyl (C=O) groups is 1. The van der Waals surface area contributed by atoms with E-state index in [2.05, 4.69) is 66.1 Å². The molecule has 0 fully saturated rings. The van der Waals surface area contributed by atoms with Crippen molar-refractivity contribution in [3.8, 4) is 16.9 Å². The predicted molar refractivity (Wildman–Crippen MR) is 131 cm³/mol. The van der Waals surface area contributed by atoms with Crippen LogP contribution in [0.4, 0.5) is 10.5 Å². The Hall–Kier alpha value is -3.47. The zero-order valence-electron chi connectivity index (χ0n) is 19.0. The number of carbonyl (C=O) groups excluding carboxylic acids is 1. The lowest BCUT2D eigenvalue weighted by molar-refractivity contribution is 0.136. The van der Waals surface area contributed by atoms with Gasteiger partial charge >= 0.3 is 6.09 Å². The SMILES string of the molecule is CCCCNc1ccc2c(c1)CC(CNC(=O)OCC1c3ccccc3-c3ccccc31)O2. The Morgan fingerprint density at radius 3 is 2.48 bits per heavy atom. The Bertz CT molecular complexity index is 1100. The maximum absolute atomic E-state index is 12.5. The van der Waals surface area contributed by atoms with E-state index in [1.54, 1.807) is 0 Å². The first-order valence-electron chi connectivity index (χ1n) is 11.8. The molecule has 2 N–H and O–H groups in total. The number of nitrogens with one attached hydrogen (secondary N) is 2. The van der Waals surface area contributed by atoms with Crippen LogP contribution in [0, 0.1) is 0 Å². The van der Waals surface area contributed by atoms with Gasteiger partial charge in [0.05, 0.1) is 6.54 Å². The molecule has 2 aliphatic rings. The fraction of sp³-hybridized carbons (Fsp3) is 0.321. The van der Waals surface area contributed by atoms with Crippen LogP contribution in [-0.2, 0) is 11.2 Å².